The standard InChI is InChI=1S/C19H22FNO4S2/c1-13-3-5-15(6-4-13)10-21-18-11-26(22,23)12-19(18)27(24,25)16-7-8-17(20)14(2)9-16/h3-9,18-19,21H,10-12H2,1-2H3/t18-,19-/m0/s1. The lowest BCUT2D eigenvalue weighted by molar-refractivity contribution is 0.525. The van der Waals surface area contributed by atoms with Crippen molar-refractivity contribution in [3.05, 3.63) is 65.0 Å². The van der Waals surface area contributed by atoms with Crippen LogP contribution in [0.2, 0.25) is 0 Å². The van der Waals surface area contributed by atoms with Gasteiger partial charge in [-0.05, 0) is 43.2 Å². The summed E-state index contributed by atoms with van der Waals surface area (Å²) in [5, 5.41) is 1.99. The number of hydrogen-bond acceptors (Lipinski definition) is 5. The molecule has 2 aromatic rings. The lowest BCUT2D eigenvalue weighted by Gasteiger charge is -2.20. The quantitative estimate of drug-likeness (QED) is 0.763. The van der Waals surface area contributed by atoms with Gasteiger partial charge in [0.05, 0.1) is 21.7 Å². The fourth-order valence-electron chi connectivity index (χ4n) is 3.24. The van der Waals surface area contributed by atoms with Gasteiger partial charge in [0.15, 0.2) is 19.7 Å². The van der Waals surface area contributed by atoms with E-state index in [1.807, 2.05) is 31.2 Å². The molecule has 5 nitrogen and oxygen atoms in total. The van der Waals surface area contributed by atoms with E-state index >= 15 is 0 Å². The molecule has 0 radical (unpaired) electrons. The maximum atomic E-state index is 13.5. The topological polar surface area (TPSA) is 80.3 Å². The summed E-state index contributed by atoms with van der Waals surface area (Å²) < 4.78 is 63.8. The van der Waals surface area contributed by atoms with E-state index < -0.39 is 42.5 Å². The van der Waals surface area contributed by atoms with Crippen LogP contribution in [-0.4, -0.2) is 39.6 Å². The van der Waals surface area contributed by atoms with Crippen LogP contribution < -0.4 is 5.32 Å². The van der Waals surface area contributed by atoms with Crippen molar-refractivity contribution in [2.24, 2.45) is 0 Å². The maximum Gasteiger partial charge on any atom is 0.183 e. The third-order valence-electron chi connectivity index (χ3n) is 4.85. The Morgan fingerprint density at radius 3 is 2.37 bits per heavy atom. The molecule has 1 aliphatic rings. The van der Waals surface area contributed by atoms with E-state index in [1.54, 1.807) is 0 Å². The Labute approximate surface area is 159 Å². The lowest BCUT2D eigenvalue weighted by Crippen LogP contribution is -2.43. The van der Waals surface area contributed by atoms with Crippen LogP contribution in [0.15, 0.2) is 47.4 Å². The SMILES string of the molecule is Cc1ccc(CN[C@H]2CS(=O)(=O)C[C@@H]2S(=O)(=O)c2ccc(F)c(C)c2)cc1. The summed E-state index contributed by atoms with van der Waals surface area (Å²) in [5.41, 5.74) is 2.26. The van der Waals surface area contributed by atoms with Crippen LogP contribution in [-0.2, 0) is 26.2 Å². The van der Waals surface area contributed by atoms with E-state index in [1.165, 1.54) is 19.1 Å². The van der Waals surface area contributed by atoms with Crippen molar-refractivity contribution in [1.82, 2.24) is 5.32 Å². The molecule has 146 valence electrons. The minimum atomic E-state index is -3.92. The minimum absolute atomic E-state index is 0.0503. The number of hydrogen-bond donors (Lipinski definition) is 1. The molecule has 0 aliphatic carbocycles. The van der Waals surface area contributed by atoms with Gasteiger partial charge in [0, 0.05) is 12.6 Å². The van der Waals surface area contributed by atoms with E-state index in [0.717, 1.165) is 17.2 Å². The molecule has 8 heteroatoms. The van der Waals surface area contributed by atoms with Gasteiger partial charge in [-0.3, -0.25) is 0 Å². The summed E-state index contributed by atoms with van der Waals surface area (Å²) in [7, 11) is -7.40. The first-order valence-corrected chi connectivity index (χ1v) is 11.9. The number of halogens is 1. The average Bonchev–Trinajstić information content (AvgIpc) is 2.92. The molecule has 0 unspecified atom stereocenters. The summed E-state index contributed by atoms with van der Waals surface area (Å²) in [4.78, 5) is -0.0503. The van der Waals surface area contributed by atoms with E-state index in [4.69, 9.17) is 0 Å². The fraction of sp³-hybridized carbons (Fsp3) is 0.368. The van der Waals surface area contributed by atoms with Gasteiger partial charge in [-0.15, -0.1) is 0 Å². The second kappa shape index (κ2) is 7.33. The largest absolute Gasteiger partial charge is 0.308 e. The van der Waals surface area contributed by atoms with Crippen molar-refractivity contribution >= 4 is 19.7 Å². The van der Waals surface area contributed by atoms with Crippen molar-refractivity contribution in [3.63, 3.8) is 0 Å². The molecule has 3 rings (SSSR count). The van der Waals surface area contributed by atoms with Crippen molar-refractivity contribution in [1.29, 1.82) is 0 Å². The van der Waals surface area contributed by atoms with Crippen LogP contribution in [0.4, 0.5) is 4.39 Å². The molecule has 0 spiro atoms. The first-order chi connectivity index (χ1) is 12.6. The molecule has 27 heavy (non-hydrogen) atoms. The average molecular weight is 412 g/mol. The highest BCUT2D eigenvalue weighted by atomic mass is 32.2. The van der Waals surface area contributed by atoms with Crippen molar-refractivity contribution in [2.45, 2.75) is 36.6 Å². The molecule has 0 aromatic heterocycles. The number of benzene rings is 2. The number of aryl methyl sites for hydroxylation is 2. The third kappa shape index (κ3) is 4.39. The Morgan fingerprint density at radius 2 is 1.74 bits per heavy atom. The van der Waals surface area contributed by atoms with Gasteiger partial charge in [0.2, 0.25) is 0 Å². The monoisotopic (exact) mass is 411 g/mol. The zero-order valence-electron chi connectivity index (χ0n) is 15.1. The third-order valence-corrected chi connectivity index (χ3v) is 8.99. The van der Waals surface area contributed by atoms with E-state index in [0.29, 0.717) is 6.54 Å². The van der Waals surface area contributed by atoms with Gasteiger partial charge in [0.1, 0.15) is 5.82 Å². The summed E-state index contributed by atoms with van der Waals surface area (Å²) >= 11 is 0. The van der Waals surface area contributed by atoms with Gasteiger partial charge in [-0.2, -0.15) is 0 Å². The summed E-state index contributed by atoms with van der Waals surface area (Å²) in [5.74, 6) is -1.16. The summed E-state index contributed by atoms with van der Waals surface area (Å²) in [6, 6.07) is 10.5. The molecule has 1 fully saturated rings. The molecule has 0 saturated carbocycles. The fourth-order valence-corrected chi connectivity index (χ4v) is 8.04. The highest BCUT2D eigenvalue weighted by Crippen LogP contribution is 2.27. The molecule has 2 aromatic carbocycles. The highest BCUT2D eigenvalue weighted by molar-refractivity contribution is 7.96. The van der Waals surface area contributed by atoms with E-state index in [9.17, 15) is 21.2 Å². The minimum Gasteiger partial charge on any atom is -0.308 e. The number of sulfone groups is 2. The molecule has 1 heterocycles. The lowest BCUT2D eigenvalue weighted by atomic mass is 10.1. The summed E-state index contributed by atoms with van der Waals surface area (Å²) in [6.45, 7) is 3.82. The Bertz CT molecular complexity index is 1050. The smallest absolute Gasteiger partial charge is 0.183 e. The van der Waals surface area contributed by atoms with E-state index in [-0.39, 0.29) is 16.2 Å². The Hall–Kier alpha value is -1.77. The van der Waals surface area contributed by atoms with Crippen LogP contribution in [0.1, 0.15) is 16.7 Å². The number of rotatable bonds is 5. The van der Waals surface area contributed by atoms with Crippen molar-refractivity contribution in [3.8, 4) is 0 Å². The second-order valence-corrected chi connectivity index (χ2v) is 11.4. The van der Waals surface area contributed by atoms with Gasteiger partial charge >= 0.3 is 0 Å². The normalized spacial score (nSPS) is 22.0. The maximum absolute atomic E-state index is 13.5. The van der Waals surface area contributed by atoms with Crippen LogP contribution in [0.5, 0.6) is 0 Å². The zero-order valence-corrected chi connectivity index (χ0v) is 16.8. The van der Waals surface area contributed by atoms with Crippen LogP contribution in [0.25, 0.3) is 0 Å². The molecule has 1 saturated heterocycles. The predicted octanol–water partition coefficient (Wildman–Crippen LogP) is 2.17. The Kier molecular flexibility index (Phi) is 5.42. The van der Waals surface area contributed by atoms with Gasteiger partial charge < -0.3 is 5.32 Å². The molecule has 1 aliphatic heterocycles. The zero-order chi connectivity index (χ0) is 19.8. The Balaban J connectivity index is 1.86. The van der Waals surface area contributed by atoms with Crippen LogP contribution in [0, 0.1) is 19.7 Å². The Morgan fingerprint density at radius 1 is 1.07 bits per heavy atom. The van der Waals surface area contributed by atoms with Gasteiger partial charge in [-0.25, -0.2) is 21.2 Å². The van der Waals surface area contributed by atoms with Crippen LogP contribution in [0.3, 0.4) is 0 Å². The predicted molar refractivity (Wildman–Crippen MR) is 103 cm³/mol. The summed E-state index contributed by atoms with van der Waals surface area (Å²) in [6.07, 6.45) is 0. The van der Waals surface area contributed by atoms with Gasteiger partial charge in [-0.1, -0.05) is 29.8 Å². The second-order valence-electron chi connectivity index (χ2n) is 7.04. The van der Waals surface area contributed by atoms with Crippen molar-refractivity contribution in [2.75, 3.05) is 11.5 Å². The molecular formula is C19H22FNO4S2. The van der Waals surface area contributed by atoms with E-state index in [2.05, 4.69) is 5.32 Å². The highest BCUT2D eigenvalue weighted by Gasteiger charge is 2.45. The van der Waals surface area contributed by atoms with Gasteiger partial charge in [0.25, 0.3) is 0 Å². The molecular weight excluding hydrogens is 389 g/mol. The van der Waals surface area contributed by atoms with Crippen LogP contribution >= 0.6 is 0 Å². The molecule has 1 N–H and O–H groups in total. The number of nitrogens with one attached hydrogen (secondary N) is 1. The molecule has 0 amide bonds. The molecule has 2 atom stereocenters. The van der Waals surface area contributed by atoms with Crippen molar-refractivity contribution < 1.29 is 21.2 Å². The first-order valence-electron chi connectivity index (χ1n) is 8.58. The first kappa shape index (κ1) is 20.0. The molecule has 0 bridgehead atoms.